The van der Waals surface area contributed by atoms with E-state index in [1.807, 2.05) is 25.1 Å². The van der Waals surface area contributed by atoms with Crippen molar-refractivity contribution < 1.29 is 18.0 Å². The third-order valence-electron chi connectivity index (χ3n) is 3.30. The first-order valence-electron chi connectivity index (χ1n) is 7.14. The van der Waals surface area contributed by atoms with Crippen LogP contribution in [0, 0.1) is 0 Å². The van der Waals surface area contributed by atoms with Gasteiger partial charge in [0.15, 0.2) is 0 Å². The quantitative estimate of drug-likeness (QED) is 0.796. The number of rotatable bonds is 4. The molecule has 0 aliphatic heterocycles. The second-order valence-corrected chi connectivity index (χ2v) is 4.96. The summed E-state index contributed by atoms with van der Waals surface area (Å²) in [7, 11) is 0. The van der Waals surface area contributed by atoms with Crippen molar-refractivity contribution in [3.8, 4) is 0 Å². The Labute approximate surface area is 132 Å². The lowest BCUT2D eigenvalue weighted by atomic mass is 10.1. The zero-order valence-electron chi connectivity index (χ0n) is 12.5. The molecule has 0 saturated heterocycles. The molecule has 2 rings (SSSR count). The summed E-state index contributed by atoms with van der Waals surface area (Å²) in [6.07, 6.45) is -1.04. The number of hydrogen-bond acceptors (Lipinski definition) is 1. The van der Waals surface area contributed by atoms with E-state index in [1.54, 1.807) is 6.07 Å². The monoisotopic (exact) mass is 319 g/mol. The van der Waals surface area contributed by atoms with Crippen molar-refractivity contribution in [3.63, 3.8) is 0 Å². The highest BCUT2D eigenvalue weighted by Crippen LogP contribution is 2.29. The van der Waals surface area contributed by atoms with Crippen LogP contribution in [0.5, 0.6) is 0 Å². The largest absolute Gasteiger partial charge is 0.416 e. The maximum Gasteiger partial charge on any atom is 0.416 e. The molecular formula is C18H16F3NO. The third kappa shape index (κ3) is 4.71. The summed E-state index contributed by atoms with van der Waals surface area (Å²) in [6, 6.07) is 12.2. The van der Waals surface area contributed by atoms with Gasteiger partial charge in [-0.05, 0) is 41.8 Å². The summed E-state index contributed by atoms with van der Waals surface area (Å²) >= 11 is 0. The first kappa shape index (κ1) is 16.8. The van der Waals surface area contributed by atoms with Crippen LogP contribution >= 0.6 is 0 Å². The third-order valence-corrected chi connectivity index (χ3v) is 3.30. The average Bonchev–Trinajstić information content (AvgIpc) is 2.53. The van der Waals surface area contributed by atoms with Crippen molar-refractivity contribution in [2.75, 3.05) is 5.32 Å². The highest BCUT2D eigenvalue weighted by molar-refractivity contribution is 6.02. The molecule has 120 valence electrons. The predicted octanol–water partition coefficient (Wildman–Crippen LogP) is 4.92. The molecule has 1 N–H and O–H groups in total. The molecular weight excluding hydrogens is 303 g/mol. The Morgan fingerprint density at radius 1 is 1.13 bits per heavy atom. The molecule has 0 aliphatic carbocycles. The molecule has 0 aromatic heterocycles. The molecule has 0 radical (unpaired) electrons. The van der Waals surface area contributed by atoms with Crippen molar-refractivity contribution in [3.05, 3.63) is 71.3 Å². The van der Waals surface area contributed by atoms with Crippen molar-refractivity contribution >= 4 is 17.7 Å². The molecule has 2 nitrogen and oxygen atoms in total. The van der Waals surface area contributed by atoms with Crippen LogP contribution in [0.4, 0.5) is 18.9 Å². The first-order chi connectivity index (χ1) is 10.9. The van der Waals surface area contributed by atoms with Gasteiger partial charge in [0.1, 0.15) is 0 Å². The summed E-state index contributed by atoms with van der Waals surface area (Å²) in [6.45, 7) is 1.98. The number of alkyl halides is 3. The molecule has 0 aliphatic rings. The fraction of sp³-hybridized carbons (Fsp3) is 0.167. The molecule has 2 aromatic rings. The summed E-state index contributed by atoms with van der Waals surface area (Å²) < 4.78 is 37.9. The number of para-hydroxylation sites is 1. The molecule has 5 heteroatoms. The zero-order valence-corrected chi connectivity index (χ0v) is 12.5. The van der Waals surface area contributed by atoms with E-state index >= 15 is 0 Å². The fourth-order valence-corrected chi connectivity index (χ4v) is 2.12. The highest BCUT2D eigenvalue weighted by Gasteiger charge is 2.30. The minimum absolute atomic E-state index is 0.318. The van der Waals surface area contributed by atoms with E-state index in [9.17, 15) is 18.0 Å². The Morgan fingerprint density at radius 3 is 2.57 bits per heavy atom. The minimum Gasteiger partial charge on any atom is -0.322 e. The van der Waals surface area contributed by atoms with E-state index in [0.717, 1.165) is 24.1 Å². The molecule has 1 amide bonds. The van der Waals surface area contributed by atoms with Gasteiger partial charge in [0.2, 0.25) is 5.91 Å². The molecule has 0 heterocycles. The molecule has 0 fully saturated rings. The second-order valence-electron chi connectivity index (χ2n) is 4.96. The molecule has 0 atom stereocenters. The zero-order chi connectivity index (χ0) is 16.9. The van der Waals surface area contributed by atoms with Crippen molar-refractivity contribution in [1.29, 1.82) is 0 Å². The van der Waals surface area contributed by atoms with Gasteiger partial charge >= 0.3 is 6.18 Å². The number of benzene rings is 2. The maximum atomic E-state index is 12.6. The fourth-order valence-electron chi connectivity index (χ4n) is 2.12. The van der Waals surface area contributed by atoms with Crippen molar-refractivity contribution in [1.82, 2.24) is 0 Å². The SMILES string of the molecule is CCc1ccccc1NC(=O)C=Cc1cccc(C(F)(F)F)c1. The lowest BCUT2D eigenvalue weighted by Gasteiger charge is -2.08. The van der Waals surface area contributed by atoms with Crippen LogP contribution in [-0.2, 0) is 17.4 Å². The highest BCUT2D eigenvalue weighted by atomic mass is 19.4. The Hall–Kier alpha value is -2.56. The van der Waals surface area contributed by atoms with E-state index in [4.69, 9.17) is 0 Å². The van der Waals surface area contributed by atoms with Crippen LogP contribution < -0.4 is 5.32 Å². The van der Waals surface area contributed by atoms with Crippen LogP contribution in [0.1, 0.15) is 23.6 Å². The Morgan fingerprint density at radius 2 is 1.87 bits per heavy atom. The van der Waals surface area contributed by atoms with Crippen LogP contribution in [-0.4, -0.2) is 5.91 Å². The van der Waals surface area contributed by atoms with Gasteiger partial charge in [-0.2, -0.15) is 13.2 Å². The lowest BCUT2D eigenvalue weighted by molar-refractivity contribution is -0.137. The molecule has 23 heavy (non-hydrogen) atoms. The van der Waals surface area contributed by atoms with Gasteiger partial charge in [-0.15, -0.1) is 0 Å². The molecule has 2 aromatic carbocycles. The maximum absolute atomic E-state index is 12.6. The van der Waals surface area contributed by atoms with E-state index in [0.29, 0.717) is 11.3 Å². The summed E-state index contributed by atoms with van der Waals surface area (Å²) in [4.78, 5) is 11.9. The van der Waals surface area contributed by atoms with Crippen LogP contribution in [0.15, 0.2) is 54.6 Å². The normalized spacial score (nSPS) is 11.7. The average molecular weight is 319 g/mol. The summed E-state index contributed by atoms with van der Waals surface area (Å²) in [5.41, 5.74) is 1.28. The van der Waals surface area contributed by atoms with Crippen LogP contribution in [0.3, 0.4) is 0 Å². The Balaban J connectivity index is 2.10. The topological polar surface area (TPSA) is 29.1 Å². The van der Waals surface area contributed by atoms with E-state index in [1.165, 1.54) is 24.3 Å². The van der Waals surface area contributed by atoms with Crippen LogP contribution in [0.25, 0.3) is 6.08 Å². The number of carbonyl (C=O) groups excluding carboxylic acids is 1. The standard InChI is InChI=1S/C18H16F3NO/c1-2-14-7-3-4-9-16(14)22-17(23)11-10-13-6-5-8-15(12-13)18(19,20)21/h3-12H,2H2,1H3,(H,22,23). The molecule has 0 unspecified atom stereocenters. The van der Waals surface area contributed by atoms with Gasteiger partial charge < -0.3 is 5.32 Å². The van der Waals surface area contributed by atoms with Crippen LogP contribution in [0.2, 0.25) is 0 Å². The second kappa shape index (κ2) is 7.13. The number of nitrogens with one attached hydrogen (secondary N) is 1. The lowest BCUT2D eigenvalue weighted by Crippen LogP contribution is -2.09. The molecule has 0 saturated carbocycles. The van der Waals surface area contributed by atoms with E-state index in [2.05, 4.69) is 5.32 Å². The number of hydrogen-bond donors (Lipinski definition) is 1. The number of halogens is 3. The van der Waals surface area contributed by atoms with Gasteiger partial charge in [0.25, 0.3) is 0 Å². The van der Waals surface area contributed by atoms with E-state index < -0.39 is 11.7 Å². The number of anilines is 1. The first-order valence-corrected chi connectivity index (χ1v) is 7.14. The van der Waals surface area contributed by atoms with Gasteiger partial charge in [0.05, 0.1) is 5.56 Å². The number of amides is 1. The summed E-state index contributed by atoms with van der Waals surface area (Å²) in [5, 5.41) is 2.73. The van der Waals surface area contributed by atoms with Gasteiger partial charge in [0, 0.05) is 11.8 Å². The Kier molecular flexibility index (Phi) is 5.21. The summed E-state index contributed by atoms with van der Waals surface area (Å²) in [5.74, 6) is -0.386. The van der Waals surface area contributed by atoms with Gasteiger partial charge in [-0.25, -0.2) is 0 Å². The predicted molar refractivity (Wildman–Crippen MR) is 84.9 cm³/mol. The van der Waals surface area contributed by atoms with Crippen molar-refractivity contribution in [2.45, 2.75) is 19.5 Å². The van der Waals surface area contributed by atoms with E-state index in [-0.39, 0.29) is 5.91 Å². The van der Waals surface area contributed by atoms with Gasteiger partial charge in [-0.3, -0.25) is 4.79 Å². The van der Waals surface area contributed by atoms with Crippen molar-refractivity contribution in [2.24, 2.45) is 0 Å². The molecule has 0 bridgehead atoms. The smallest absolute Gasteiger partial charge is 0.322 e. The number of aryl methyl sites for hydroxylation is 1. The molecule has 0 spiro atoms. The minimum atomic E-state index is -4.40. The number of carbonyl (C=O) groups is 1. The Bertz CT molecular complexity index is 720. The van der Waals surface area contributed by atoms with Gasteiger partial charge in [-0.1, -0.05) is 37.3 Å².